The molecule has 0 radical (unpaired) electrons. The number of carbonyl (C=O) groups excluding carboxylic acids is 1. The molecule has 338 valence electrons. The molecule has 0 fully saturated rings. The lowest BCUT2D eigenvalue weighted by molar-refractivity contribution is -0.657. The van der Waals surface area contributed by atoms with E-state index in [9.17, 15) is 57.5 Å². The number of nitrogens with zero attached hydrogens (tertiary/aromatic N) is 1. The van der Waals surface area contributed by atoms with Crippen molar-refractivity contribution in [1.82, 2.24) is 0 Å². The first kappa shape index (κ1) is 47.8. The molecule has 1 heterocycles. The molecule has 24 heteroatoms. The highest BCUT2D eigenvalue weighted by atomic mass is 35.5. The maximum atomic E-state index is 15.4. The molecule has 7 rings (SSSR count). The fourth-order valence-electron chi connectivity index (χ4n) is 7.15. The normalized spacial score (nSPS) is 11.6. The van der Waals surface area contributed by atoms with E-state index < -0.39 is 144 Å². The van der Waals surface area contributed by atoms with E-state index >= 15 is 35.1 Å². The number of hydrogen-bond donors (Lipinski definition) is 0. The van der Waals surface area contributed by atoms with Gasteiger partial charge in [0.15, 0.2) is 76.0 Å². The summed E-state index contributed by atoms with van der Waals surface area (Å²) in [7, 11) is 0. The zero-order valence-corrected chi connectivity index (χ0v) is 31.7. The molecule has 0 N–H and O–H groups in total. The molecular formula is C41H13BClF20NO. The second kappa shape index (κ2) is 17.7. The van der Waals surface area contributed by atoms with Gasteiger partial charge in [-0.15, -0.1) is 21.9 Å². The van der Waals surface area contributed by atoms with Gasteiger partial charge in [0.05, 0.1) is 0 Å². The predicted octanol–water partition coefficient (Wildman–Crippen LogP) is 9.51. The quantitative estimate of drug-likeness (QED) is 0.0390. The minimum absolute atomic E-state index is 0.0722. The second-order valence-corrected chi connectivity index (χ2v) is 13.9. The van der Waals surface area contributed by atoms with Gasteiger partial charge in [-0.3, -0.25) is 4.79 Å². The van der Waals surface area contributed by atoms with Gasteiger partial charge >= 0.3 is 0 Å². The lowest BCUT2D eigenvalue weighted by Crippen LogP contribution is -2.81. The number of carbonyl (C=O) groups is 1. The Hall–Kier alpha value is -6.65. The number of fused-ring (bicyclic) bond motifs is 1. The largest absolute Gasteiger partial charge is 0.287 e. The van der Waals surface area contributed by atoms with Gasteiger partial charge in [0.1, 0.15) is 57.7 Å². The van der Waals surface area contributed by atoms with E-state index in [-0.39, 0.29) is 12.3 Å². The lowest BCUT2D eigenvalue weighted by atomic mass is 9.12. The topological polar surface area (TPSA) is 20.9 Å². The van der Waals surface area contributed by atoms with Crippen LogP contribution < -0.4 is 26.4 Å². The molecule has 65 heavy (non-hydrogen) atoms. The van der Waals surface area contributed by atoms with Crippen LogP contribution >= 0.6 is 11.6 Å². The Bertz CT molecular complexity index is 2730. The third-order valence-electron chi connectivity index (χ3n) is 9.94. The van der Waals surface area contributed by atoms with Crippen molar-refractivity contribution in [2.45, 2.75) is 6.54 Å². The summed E-state index contributed by atoms with van der Waals surface area (Å²) in [5, 5.41) is 1.66. The predicted molar refractivity (Wildman–Crippen MR) is 189 cm³/mol. The standard InChI is InChI=1S/C24BF20.C17H13ClNO/c26-5-1(6(27)14(35)21(42)13(5)34)25(2-7(28)15(36)22(43)16(37)8(2)29,3-9(30)17(38)23(44)18(39)10(3)31)4-11(32)19(40)24(45)20(41)12(4)33;18-15-10-14-8-4-5-9-16(14)19(11-15)12-17(20)13-6-2-1-3-7-13/h;1-11H,12H2/q-1;+1. The molecule has 0 saturated carbocycles. The van der Waals surface area contributed by atoms with Crippen molar-refractivity contribution >= 4 is 56.3 Å². The molecule has 0 aliphatic heterocycles. The molecule has 6 aromatic carbocycles. The maximum absolute atomic E-state index is 15.4. The maximum Gasteiger partial charge on any atom is 0.227 e. The van der Waals surface area contributed by atoms with Crippen LogP contribution in [0.5, 0.6) is 0 Å². The number of rotatable bonds is 7. The van der Waals surface area contributed by atoms with E-state index in [1.165, 1.54) is 0 Å². The Morgan fingerprint density at radius 2 is 0.677 bits per heavy atom. The Kier molecular flexibility index (Phi) is 13.0. The molecule has 1 aromatic heterocycles. The van der Waals surface area contributed by atoms with Gasteiger partial charge in [-0.05, 0) is 12.1 Å². The van der Waals surface area contributed by atoms with Crippen LogP contribution in [0.15, 0.2) is 66.9 Å². The number of para-hydroxylation sites is 1. The highest BCUT2D eigenvalue weighted by molar-refractivity contribution is 7.20. The number of halogens is 21. The summed E-state index contributed by atoms with van der Waals surface area (Å²) in [6.07, 6.45) is -5.42. The zero-order valence-electron chi connectivity index (χ0n) is 30.9. The third-order valence-corrected chi connectivity index (χ3v) is 10.1. The van der Waals surface area contributed by atoms with Gasteiger partial charge < -0.3 is 0 Å². The summed E-state index contributed by atoms with van der Waals surface area (Å²) < 4.78 is 296. The van der Waals surface area contributed by atoms with Crippen molar-refractivity contribution in [1.29, 1.82) is 0 Å². The summed E-state index contributed by atoms with van der Waals surface area (Å²) in [5.41, 5.74) is -12.6. The third kappa shape index (κ3) is 7.57. The lowest BCUT2D eigenvalue weighted by Gasteiger charge is -2.44. The minimum atomic E-state index is -7.22. The fourth-order valence-corrected chi connectivity index (χ4v) is 7.39. The first-order valence-corrected chi connectivity index (χ1v) is 17.7. The van der Waals surface area contributed by atoms with Crippen LogP contribution in [0, 0.1) is 116 Å². The highest BCUT2D eigenvalue weighted by Crippen LogP contribution is 2.31. The van der Waals surface area contributed by atoms with Gasteiger partial charge in [-0.1, -0.05) is 54.1 Å². The molecule has 0 atom stereocenters. The molecule has 0 bridgehead atoms. The van der Waals surface area contributed by atoms with E-state index in [2.05, 4.69) is 0 Å². The molecule has 0 spiro atoms. The van der Waals surface area contributed by atoms with E-state index in [1.54, 1.807) is 6.20 Å². The van der Waals surface area contributed by atoms with Gasteiger partial charge in [0.2, 0.25) is 17.8 Å². The van der Waals surface area contributed by atoms with Crippen LogP contribution in [0.3, 0.4) is 0 Å². The van der Waals surface area contributed by atoms with Crippen LogP contribution in [0.1, 0.15) is 10.4 Å². The molecule has 7 aromatic rings. The SMILES string of the molecule is Fc1c(F)c(F)c([B-](c2c(F)c(F)c(F)c(F)c2F)(c2c(F)c(F)c(F)c(F)c2F)c2c(F)c(F)c(F)c(F)c2F)c(F)c1F.O=C(C[n+]1cc(Cl)cc2ccccc21)c1ccccc1. The molecule has 0 aliphatic carbocycles. The summed E-state index contributed by atoms with van der Waals surface area (Å²) in [6.45, 7) is 0.283. The Morgan fingerprint density at radius 1 is 0.400 bits per heavy atom. The average Bonchev–Trinajstić information content (AvgIpc) is 3.29. The van der Waals surface area contributed by atoms with E-state index in [1.807, 2.05) is 65.2 Å². The number of pyridine rings is 1. The smallest absolute Gasteiger partial charge is 0.227 e. The first-order valence-electron chi connectivity index (χ1n) is 17.3. The Morgan fingerprint density at radius 3 is 1.00 bits per heavy atom. The van der Waals surface area contributed by atoms with E-state index in [4.69, 9.17) is 11.6 Å². The van der Waals surface area contributed by atoms with Gasteiger partial charge in [0, 0.05) is 17.0 Å². The molecule has 0 saturated heterocycles. The van der Waals surface area contributed by atoms with Crippen LogP contribution in [-0.2, 0) is 6.54 Å². The van der Waals surface area contributed by atoms with Crippen LogP contribution in [0.25, 0.3) is 10.9 Å². The first-order chi connectivity index (χ1) is 30.4. The Labute approximate surface area is 353 Å². The average molecular weight is 962 g/mol. The van der Waals surface area contributed by atoms with Crippen molar-refractivity contribution in [3.63, 3.8) is 0 Å². The molecule has 2 nitrogen and oxygen atoms in total. The van der Waals surface area contributed by atoms with Gasteiger partial charge in [0.25, 0.3) is 0 Å². The molecule has 0 aliphatic rings. The van der Waals surface area contributed by atoms with Crippen molar-refractivity contribution in [2.24, 2.45) is 0 Å². The number of hydrogen-bond acceptors (Lipinski definition) is 1. The number of Topliss-reactive ketones (excluding diaryl/α,β-unsaturated/α-hetero) is 1. The van der Waals surface area contributed by atoms with Crippen molar-refractivity contribution in [3.8, 4) is 0 Å². The zero-order chi connectivity index (χ0) is 48.3. The summed E-state index contributed by atoms with van der Waals surface area (Å²) in [4.78, 5) is 12.3. The van der Waals surface area contributed by atoms with E-state index in [0.717, 1.165) is 10.9 Å². The van der Waals surface area contributed by atoms with Gasteiger partial charge in [-0.25, -0.2) is 87.8 Å². The summed E-state index contributed by atoms with van der Waals surface area (Å²) in [6, 6.07) is 19.1. The molecule has 0 unspecified atom stereocenters. The number of benzene rings is 6. The number of aromatic nitrogens is 1. The van der Waals surface area contributed by atoms with Crippen molar-refractivity contribution in [3.05, 3.63) is 194 Å². The monoisotopic (exact) mass is 961 g/mol. The second-order valence-electron chi connectivity index (χ2n) is 13.4. The van der Waals surface area contributed by atoms with Crippen LogP contribution in [0.2, 0.25) is 5.02 Å². The van der Waals surface area contributed by atoms with E-state index in [0.29, 0.717) is 10.6 Å². The fraction of sp³-hybridized carbons (Fsp3) is 0.0244. The number of ketones is 1. The summed E-state index contributed by atoms with van der Waals surface area (Å²) >= 11 is 6.12. The highest BCUT2D eigenvalue weighted by Gasteiger charge is 2.52. The molecule has 0 amide bonds. The van der Waals surface area contributed by atoms with Crippen molar-refractivity contribution < 1.29 is 97.2 Å². The Balaban J connectivity index is 0.000000289. The van der Waals surface area contributed by atoms with Crippen molar-refractivity contribution in [2.75, 3.05) is 0 Å². The van der Waals surface area contributed by atoms with Crippen LogP contribution in [-0.4, -0.2) is 11.9 Å². The van der Waals surface area contributed by atoms with Gasteiger partial charge in [-0.2, -0.15) is 4.57 Å². The summed E-state index contributed by atoms with van der Waals surface area (Å²) in [5.74, 6) is -71.3. The van der Waals surface area contributed by atoms with Crippen LogP contribution in [0.4, 0.5) is 87.8 Å². The molecular weight excluding hydrogens is 949 g/mol. The minimum Gasteiger partial charge on any atom is -0.287 e.